The van der Waals surface area contributed by atoms with Crippen molar-refractivity contribution in [2.75, 3.05) is 11.0 Å². The maximum atomic E-state index is 13.7. The number of hydrogen-bond acceptors (Lipinski definition) is 3. The summed E-state index contributed by atoms with van der Waals surface area (Å²) in [6.07, 6.45) is 1.35. The summed E-state index contributed by atoms with van der Waals surface area (Å²) in [5.74, 6) is -0.709. The fraction of sp³-hybridized carbons (Fsp3) is 0.0769. The summed E-state index contributed by atoms with van der Waals surface area (Å²) in [5.41, 5.74) is 0.0838. The molecule has 0 aliphatic heterocycles. The van der Waals surface area contributed by atoms with Gasteiger partial charge in [-0.25, -0.2) is 12.8 Å². The van der Waals surface area contributed by atoms with E-state index >= 15 is 0 Å². The van der Waals surface area contributed by atoms with Gasteiger partial charge in [-0.05, 0) is 30.3 Å². The number of anilines is 1. The summed E-state index contributed by atoms with van der Waals surface area (Å²) >= 11 is 0. The van der Waals surface area contributed by atoms with Crippen LogP contribution in [0.2, 0.25) is 0 Å². The first-order valence-electron chi connectivity index (χ1n) is 5.61. The van der Waals surface area contributed by atoms with Gasteiger partial charge in [0.05, 0.1) is 26.3 Å². The van der Waals surface area contributed by atoms with Crippen LogP contribution in [0.3, 0.4) is 0 Å². The van der Waals surface area contributed by atoms with E-state index in [2.05, 4.69) is 4.72 Å². The standard InChI is InChI=1S/C13H12FNO3S2/c1-19(16)13-8-7-10(9-12(13)14)15-20(17,18)11-5-3-2-4-6-11/h2-9,15H,1H3/t19-/m1/s1. The van der Waals surface area contributed by atoms with Crippen LogP contribution in [0.25, 0.3) is 0 Å². The Labute approximate surface area is 119 Å². The average molecular weight is 313 g/mol. The second-order valence-electron chi connectivity index (χ2n) is 4.02. The zero-order chi connectivity index (χ0) is 14.8. The van der Waals surface area contributed by atoms with Crippen molar-refractivity contribution in [3.63, 3.8) is 0 Å². The molecule has 2 aromatic rings. The second-order valence-corrected chi connectivity index (χ2v) is 7.05. The van der Waals surface area contributed by atoms with E-state index in [9.17, 15) is 17.0 Å². The molecule has 0 fully saturated rings. The molecule has 20 heavy (non-hydrogen) atoms. The maximum Gasteiger partial charge on any atom is 0.261 e. The number of nitrogens with one attached hydrogen (secondary N) is 1. The van der Waals surface area contributed by atoms with Crippen molar-refractivity contribution in [2.45, 2.75) is 9.79 Å². The van der Waals surface area contributed by atoms with Gasteiger partial charge in [-0.1, -0.05) is 18.2 Å². The van der Waals surface area contributed by atoms with E-state index in [1.807, 2.05) is 0 Å². The lowest BCUT2D eigenvalue weighted by Gasteiger charge is -2.09. The van der Waals surface area contributed by atoms with Gasteiger partial charge >= 0.3 is 0 Å². The highest BCUT2D eigenvalue weighted by Gasteiger charge is 2.15. The molecular weight excluding hydrogens is 301 g/mol. The Bertz CT molecular complexity index is 745. The number of benzene rings is 2. The molecule has 0 spiro atoms. The molecule has 4 nitrogen and oxygen atoms in total. The molecule has 0 bridgehead atoms. The zero-order valence-corrected chi connectivity index (χ0v) is 12.2. The third kappa shape index (κ3) is 3.23. The Morgan fingerprint density at radius 3 is 2.30 bits per heavy atom. The minimum absolute atomic E-state index is 0.0349. The molecule has 0 unspecified atom stereocenters. The third-order valence-electron chi connectivity index (χ3n) is 2.55. The molecule has 7 heteroatoms. The van der Waals surface area contributed by atoms with Crippen LogP contribution in [0.5, 0.6) is 0 Å². The van der Waals surface area contributed by atoms with Gasteiger partial charge in [0.15, 0.2) is 0 Å². The van der Waals surface area contributed by atoms with E-state index in [1.54, 1.807) is 18.2 Å². The van der Waals surface area contributed by atoms with Gasteiger partial charge in [-0.15, -0.1) is 0 Å². The highest BCUT2D eigenvalue weighted by Crippen LogP contribution is 2.20. The predicted molar refractivity (Wildman–Crippen MR) is 76.0 cm³/mol. The van der Waals surface area contributed by atoms with Gasteiger partial charge in [0.1, 0.15) is 5.82 Å². The van der Waals surface area contributed by atoms with E-state index < -0.39 is 26.6 Å². The largest absolute Gasteiger partial charge is 0.280 e. The molecule has 0 amide bonds. The Morgan fingerprint density at radius 2 is 1.75 bits per heavy atom. The molecule has 2 aromatic carbocycles. The van der Waals surface area contributed by atoms with Gasteiger partial charge in [0, 0.05) is 6.26 Å². The highest BCUT2D eigenvalue weighted by atomic mass is 32.2. The molecule has 0 aliphatic carbocycles. The van der Waals surface area contributed by atoms with E-state index in [0.29, 0.717) is 0 Å². The number of rotatable bonds is 4. The molecular formula is C13H12FNO3S2. The van der Waals surface area contributed by atoms with Crippen LogP contribution in [0.15, 0.2) is 58.3 Å². The van der Waals surface area contributed by atoms with E-state index in [4.69, 9.17) is 0 Å². The molecule has 2 rings (SSSR count). The third-order valence-corrected chi connectivity index (χ3v) is 4.89. The van der Waals surface area contributed by atoms with Crippen LogP contribution >= 0.6 is 0 Å². The monoisotopic (exact) mass is 313 g/mol. The van der Waals surface area contributed by atoms with Crippen LogP contribution in [0.1, 0.15) is 0 Å². The fourth-order valence-electron chi connectivity index (χ4n) is 1.61. The highest BCUT2D eigenvalue weighted by molar-refractivity contribution is 7.92. The van der Waals surface area contributed by atoms with Crippen molar-refractivity contribution in [3.05, 3.63) is 54.3 Å². The minimum Gasteiger partial charge on any atom is -0.280 e. The number of hydrogen-bond donors (Lipinski definition) is 1. The Balaban J connectivity index is 2.31. The van der Waals surface area contributed by atoms with Gasteiger partial charge in [-0.3, -0.25) is 8.93 Å². The van der Waals surface area contributed by atoms with Gasteiger partial charge in [0.25, 0.3) is 10.0 Å². The summed E-state index contributed by atoms with van der Waals surface area (Å²) in [4.78, 5) is 0.121. The van der Waals surface area contributed by atoms with Crippen LogP contribution in [0, 0.1) is 5.82 Å². The van der Waals surface area contributed by atoms with E-state index in [-0.39, 0.29) is 15.5 Å². The van der Waals surface area contributed by atoms with Crippen LogP contribution < -0.4 is 4.72 Å². The van der Waals surface area contributed by atoms with Crippen molar-refractivity contribution in [3.8, 4) is 0 Å². The molecule has 0 aliphatic rings. The van der Waals surface area contributed by atoms with Crippen molar-refractivity contribution in [1.29, 1.82) is 0 Å². The lowest BCUT2D eigenvalue weighted by Crippen LogP contribution is -2.13. The molecule has 0 aromatic heterocycles. The van der Waals surface area contributed by atoms with E-state index in [1.165, 1.54) is 30.5 Å². The smallest absolute Gasteiger partial charge is 0.261 e. The lowest BCUT2D eigenvalue weighted by atomic mass is 10.3. The quantitative estimate of drug-likeness (QED) is 0.942. The summed E-state index contributed by atoms with van der Waals surface area (Å²) in [7, 11) is -5.22. The normalized spacial score (nSPS) is 12.9. The van der Waals surface area contributed by atoms with Crippen molar-refractivity contribution in [2.24, 2.45) is 0 Å². The topological polar surface area (TPSA) is 63.2 Å². The summed E-state index contributed by atoms with van der Waals surface area (Å²) in [6, 6.07) is 11.5. The van der Waals surface area contributed by atoms with Gasteiger partial charge < -0.3 is 0 Å². The van der Waals surface area contributed by atoms with E-state index in [0.717, 1.165) is 6.07 Å². The van der Waals surface area contributed by atoms with Crippen molar-refractivity contribution < 1.29 is 17.0 Å². The maximum absolute atomic E-state index is 13.7. The zero-order valence-electron chi connectivity index (χ0n) is 10.5. The first-order valence-corrected chi connectivity index (χ1v) is 8.65. The molecule has 0 saturated heterocycles. The predicted octanol–water partition coefficient (Wildman–Crippen LogP) is 2.36. The lowest BCUT2D eigenvalue weighted by molar-refractivity contribution is 0.596. The Kier molecular flexibility index (Phi) is 4.20. The molecule has 0 saturated carbocycles. The van der Waals surface area contributed by atoms with Crippen LogP contribution in [0.4, 0.5) is 10.1 Å². The summed E-state index contributed by atoms with van der Waals surface area (Å²) in [6.45, 7) is 0. The van der Waals surface area contributed by atoms with Crippen LogP contribution in [-0.2, 0) is 20.8 Å². The van der Waals surface area contributed by atoms with Gasteiger partial charge in [0.2, 0.25) is 0 Å². The molecule has 0 radical (unpaired) electrons. The molecule has 1 atom stereocenters. The Hall–Kier alpha value is -1.73. The van der Waals surface area contributed by atoms with Gasteiger partial charge in [-0.2, -0.15) is 0 Å². The first kappa shape index (κ1) is 14.7. The van der Waals surface area contributed by atoms with Crippen molar-refractivity contribution in [1.82, 2.24) is 0 Å². The number of halogens is 1. The second kappa shape index (κ2) is 5.72. The average Bonchev–Trinajstić information content (AvgIpc) is 2.39. The summed E-state index contributed by atoms with van der Waals surface area (Å²) < 4.78 is 51.2. The number of sulfonamides is 1. The SMILES string of the molecule is C[S@@](=O)c1ccc(NS(=O)(=O)c2ccccc2)cc1F. The minimum atomic E-state index is -3.76. The van der Waals surface area contributed by atoms with Crippen molar-refractivity contribution >= 4 is 26.5 Å². The molecule has 106 valence electrons. The summed E-state index contributed by atoms with van der Waals surface area (Å²) in [5, 5.41) is 0. The Morgan fingerprint density at radius 1 is 1.10 bits per heavy atom. The first-order chi connectivity index (χ1) is 9.40. The van der Waals surface area contributed by atoms with Crippen LogP contribution in [-0.4, -0.2) is 18.9 Å². The molecule has 0 heterocycles. The fourth-order valence-corrected chi connectivity index (χ4v) is 3.27. The molecule has 1 N–H and O–H groups in total.